The minimum absolute atomic E-state index is 0.242. The number of rotatable bonds is 1. The number of hydrogen-bond acceptors (Lipinski definition) is 2. The zero-order valence-electron chi connectivity index (χ0n) is 14.1. The predicted molar refractivity (Wildman–Crippen MR) is 103 cm³/mol. The van der Waals surface area contributed by atoms with Crippen molar-refractivity contribution in [3.8, 4) is 16.9 Å². The van der Waals surface area contributed by atoms with Gasteiger partial charge in [-0.3, -0.25) is 4.98 Å². The Morgan fingerprint density at radius 1 is 1.12 bits per heavy atom. The highest BCUT2D eigenvalue weighted by molar-refractivity contribution is 6.32. The maximum absolute atomic E-state index is 6.46. The first kappa shape index (κ1) is 14.8. The number of aromatic amines is 1. The molecular formula is C21H17ClN2O. The van der Waals surface area contributed by atoms with Gasteiger partial charge in [0.15, 0.2) is 0 Å². The molecular weight excluding hydrogens is 332 g/mol. The summed E-state index contributed by atoms with van der Waals surface area (Å²) < 4.78 is 5.83. The van der Waals surface area contributed by atoms with Gasteiger partial charge < -0.3 is 9.72 Å². The maximum Gasteiger partial charge on any atom is 0.123 e. The molecule has 4 aromatic rings. The van der Waals surface area contributed by atoms with E-state index in [0.717, 1.165) is 55.8 Å². The fraction of sp³-hybridized carbons (Fsp3) is 0.190. The molecule has 3 heterocycles. The fourth-order valence-corrected chi connectivity index (χ4v) is 4.06. The molecule has 2 aromatic carbocycles. The van der Waals surface area contributed by atoms with Crippen LogP contribution in [0.2, 0.25) is 5.02 Å². The third-order valence-electron chi connectivity index (χ3n) is 4.99. The smallest absolute Gasteiger partial charge is 0.123 e. The molecule has 5 rings (SSSR count). The Kier molecular flexibility index (Phi) is 3.10. The number of halogens is 1. The van der Waals surface area contributed by atoms with Crippen LogP contribution in [0.15, 0.2) is 42.6 Å². The zero-order chi connectivity index (χ0) is 17.1. The van der Waals surface area contributed by atoms with Crippen molar-refractivity contribution in [3.05, 3.63) is 58.9 Å². The summed E-state index contributed by atoms with van der Waals surface area (Å²) in [6, 6.07) is 12.5. The number of H-pyrrole nitrogens is 1. The van der Waals surface area contributed by atoms with E-state index in [1.54, 1.807) is 0 Å². The highest BCUT2D eigenvalue weighted by Crippen LogP contribution is 2.39. The summed E-state index contributed by atoms with van der Waals surface area (Å²) in [7, 11) is 0. The Hall–Kier alpha value is -2.52. The number of nitrogens with one attached hydrogen (secondary N) is 1. The summed E-state index contributed by atoms with van der Waals surface area (Å²) in [6.07, 6.45) is 3.04. The lowest BCUT2D eigenvalue weighted by Gasteiger charge is -2.07. The van der Waals surface area contributed by atoms with Gasteiger partial charge in [0.25, 0.3) is 0 Å². The fourth-order valence-electron chi connectivity index (χ4n) is 3.84. The Balaban J connectivity index is 1.81. The van der Waals surface area contributed by atoms with Gasteiger partial charge in [0.2, 0.25) is 0 Å². The van der Waals surface area contributed by atoms with Crippen molar-refractivity contribution in [2.45, 2.75) is 26.4 Å². The van der Waals surface area contributed by atoms with Crippen LogP contribution in [0.5, 0.6) is 5.75 Å². The molecule has 1 aliphatic heterocycles. The van der Waals surface area contributed by atoms with E-state index in [0.29, 0.717) is 0 Å². The summed E-state index contributed by atoms with van der Waals surface area (Å²) in [5.74, 6) is 0.992. The first-order valence-electron chi connectivity index (χ1n) is 8.46. The minimum atomic E-state index is 0.242. The standard InChI is InChI=1S/C21H17ClN2O/c1-11-7-14-8-13(3-4-19(14)25-11)17-9-15(22)10-18-16-5-6-23-12(2)20(16)24-21(17)18/h3-6,8-11,24H,7H2,1-2H3. The van der Waals surface area contributed by atoms with Gasteiger partial charge >= 0.3 is 0 Å². The van der Waals surface area contributed by atoms with Gasteiger partial charge in [-0.1, -0.05) is 17.7 Å². The minimum Gasteiger partial charge on any atom is -0.490 e. The zero-order valence-corrected chi connectivity index (χ0v) is 14.8. The molecule has 0 aliphatic carbocycles. The second-order valence-corrected chi connectivity index (χ2v) is 7.21. The largest absolute Gasteiger partial charge is 0.490 e. The second-order valence-electron chi connectivity index (χ2n) is 6.77. The summed E-state index contributed by atoms with van der Waals surface area (Å²) >= 11 is 6.46. The molecule has 0 saturated heterocycles. The topological polar surface area (TPSA) is 37.9 Å². The molecule has 124 valence electrons. The molecule has 1 atom stereocenters. The number of ether oxygens (including phenoxy) is 1. The Bertz CT molecular complexity index is 1150. The monoisotopic (exact) mass is 348 g/mol. The number of benzene rings is 2. The van der Waals surface area contributed by atoms with Gasteiger partial charge in [0.1, 0.15) is 11.9 Å². The van der Waals surface area contributed by atoms with E-state index in [4.69, 9.17) is 16.3 Å². The van der Waals surface area contributed by atoms with E-state index in [2.05, 4.69) is 35.1 Å². The van der Waals surface area contributed by atoms with Crippen molar-refractivity contribution in [1.29, 1.82) is 0 Å². The van der Waals surface area contributed by atoms with Crippen molar-refractivity contribution < 1.29 is 4.74 Å². The van der Waals surface area contributed by atoms with Crippen LogP contribution in [-0.4, -0.2) is 16.1 Å². The highest BCUT2D eigenvalue weighted by Gasteiger charge is 2.20. The van der Waals surface area contributed by atoms with E-state index in [9.17, 15) is 0 Å². The first-order valence-corrected chi connectivity index (χ1v) is 8.84. The lowest BCUT2D eigenvalue weighted by atomic mass is 9.99. The van der Waals surface area contributed by atoms with Crippen LogP contribution >= 0.6 is 11.6 Å². The molecule has 0 spiro atoms. The first-order chi connectivity index (χ1) is 12.1. The van der Waals surface area contributed by atoms with Crippen LogP contribution in [0.25, 0.3) is 32.9 Å². The SMILES string of the molecule is Cc1nccc2c1[nH]c1c(-c3ccc4c(c3)CC(C)O4)cc(Cl)cc12. The third kappa shape index (κ3) is 2.23. The molecule has 0 fully saturated rings. The van der Waals surface area contributed by atoms with E-state index in [1.165, 1.54) is 5.56 Å². The van der Waals surface area contributed by atoms with Crippen molar-refractivity contribution in [2.75, 3.05) is 0 Å². The number of pyridine rings is 1. The molecule has 4 heteroatoms. The number of hydrogen-bond donors (Lipinski definition) is 1. The van der Waals surface area contributed by atoms with Crippen LogP contribution in [-0.2, 0) is 6.42 Å². The Morgan fingerprint density at radius 2 is 2.00 bits per heavy atom. The second kappa shape index (κ2) is 5.24. The lowest BCUT2D eigenvalue weighted by molar-refractivity contribution is 0.254. The summed E-state index contributed by atoms with van der Waals surface area (Å²) in [5.41, 5.74) is 6.68. The average molecular weight is 349 g/mol. The maximum atomic E-state index is 6.46. The third-order valence-corrected chi connectivity index (χ3v) is 5.21. The lowest BCUT2D eigenvalue weighted by Crippen LogP contribution is -2.05. The quantitative estimate of drug-likeness (QED) is 0.481. The number of aromatic nitrogens is 2. The van der Waals surface area contributed by atoms with E-state index in [1.807, 2.05) is 31.3 Å². The molecule has 25 heavy (non-hydrogen) atoms. The van der Waals surface area contributed by atoms with Crippen molar-refractivity contribution in [1.82, 2.24) is 9.97 Å². The molecule has 0 bridgehead atoms. The molecule has 1 aliphatic rings. The van der Waals surface area contributed by atoms with E-state index < -0.39 is 0 Å². The van der Waals surface area contributed by atoms with Crippen LogP contribution < -0.4 is 4.74 Å². The highest BCUT2D eigenvalue weighted by atomic mass is 35.5. The van der Waals surface area contributed by atoms with Gasteiger partial charge in [0.05, 0.1) is 16.7 Å². The Labute approximate surface area is 150 Å². The Morgan fingerprint density at radius 3 is 2.88 bits per heavy atom. The number of fused-ring (bicyclic) bond motifs is 4. The predicted octanol–water partition coefficient (Wildman–Crippen LogP) is 5.67. The summed E-state index contributed by atoms with van der Waals surface area (Å²) in [6.45, 7) is 4.12. The van der Waals surface area contributed by atoms with Crippen molar-refractivity contribution in [3.63, 3.8) is 0 Å². The molecule has 0 radical (unpaired) electrons. The summed E-state index contributed by atoms with van der Waals surface area (Å²) in [4.78, 5) is 7.97. The molecule has 2 aromatic heterocycles. The van der Waals surface area contributed by atoms with Gasteiger partial charge in [-0.05, 0) is 55.3 Å². The molecule has 0 saturated carbocycles. The van der Waals surface area contributed by atoms with E-state index >= 15 is 0 Å². The van der Waals surface area contributed by atoms with Gasteiger partial charge in [0, 0.05) is 34.0 Å². The van der Waals surface area contributed by atoms with Crippen LogP contribution in [0.4, 0.5) is 0 Å². The van der Waals surface area contributed by atoms with Crippen molar-refractivity contribution in [2.24, 2.45) is 0 Å². The van der Waals surface area contributed by atoms with Gasteiger partial charge in [-0.15, -0.1) is 0 Å². The van der Waals surface area contributed by atoms with Crippen LogP contribution in [0.3, 0.4) is 0 Å². The normalized spacial score (nSPS) is 16.4. The van der Waals surface area contributed by atoms with Crippen molar-refractivity contribution >= 4 is 33.4 Å². The molecule has 0 amide bonds. The molecule has 1 unspecified atom stereocenters. The van der Waals surface area contributed by atoms with Gasteiger partial charge in [-0.25, -0.2) is 0 Å². The molecule has 3 nitrogen and oxygen atoms in total. The summed E-state index contributed by atoms with van der Waals surface area (Å²) in [5, 5.41) is 3.03. The number of nitrogens with zero attached hydrogens (tertiary/aromatic N) is 1. The average Bonchev–Trinajstić information content (AvgIpc) is 3.14. The molecule has 1 N–H and O–H groups in total. The van der Waals surface area contributed by atoms with Gasteiger partial charge in [-0.2, -0.15) is 0 Å². The van der Waals surface area contributed by atoms with Crippen LogP contribution in [0.1, 0.15) is 18.2 Å². The van der Waals surface area contributed by atoms with E-state index in [-0.39, 0.29) is 6.10 Å². The number of aryl methyl sites for hydroxylation is 1. The van der Waals surface area contributed by atoms with Crippen LogP contribution in [0, 0.1) is 6.92 Å².